The zero-order valence-corrected chi connectivity index (χ0v) is 11.0. The average Bonchev–Trinajstić information content (AvgIpc) is 2.30. The predicted octanol–water partition coefficient (Wildman–Crippen LogP) is 0.790. The zero-order chi connectivity index (χ0) is 14.3. The molecule has 1 aromatic carbocycles. The van der Waals surface area contributed by atoms with E-state index in [0.29, 0.717) is 17.2 Å². The third-order valence-corrected chi connectivity index (χ3v) is 3.27. The first-order valence-corrected chi connectivity index (χ1v) is 6.57. The van der Waals surface area contributed by atoms with Crippen LogP contribution in [-0.4, -0.2) is 47.3 Å². The number of nitrogens with zero attached hydrogens (tertiary/aromatic N) is 1. The monoisotopic (exact) mass is 286 g/mol. The number of aliphatic carboxylic acids is 1. The van der Waals surface area contributed by atoms with Crippen molar-refractivity contribution in [2.24, 2.45) is 5.73 Å². The predicted molar refractivity (Wildman–Crippen MR) is 70.4 cm³/mol. The van der Waals surface area contributed by atoms with Gasteiger partial charge in [-0.3, -0.25) is 14.5 Å². The Morgan fingerprint density at radius 1 is 1.32 bits per heavy atom. The fourth-order valence-electron chi connectivity index (χ4n) is 1.47. The molecule has 1 aromatic rings. The van der Waals surface area contributed by atoms with Gasteiger partial charge in [-0.15, -0.1) is 11.8 Å². The molecule has 7 heteroatoms. The SMILES string of the molecule is NC(=O)CN(CCSc1ccccc1F)CC(=O)O. The van der Waals surface area contributed by atoms with Crippen molar-refractivity contribution in [3.63, 3.8) is 0 Å². The summed E-state index contributed by atoms with van der Waals surface area (Å²) in [4.78, 5) is 23.3. The maximum Gasteiger partial charge on any atom is 0.317 e. The van der Waals surface area contributed by atoms with Crippen molar-refractivity contribution in [3.05, 3.63) is 30.1 Å². The summed E-state index contributed by atoms with van der Waals surface area (Å²) in [5.41, 5.74) is 5.04. The third-order valence-electron chi connectivity index (χ3n) is 2.24. The first kappa shape index (κ1) is 15.5. The standard InChI is InChI=1S/C12H15FN2O3S/c13-9-3-1-2-4-10(9)19-6-5-15(7-11(14)16)8-12(17)18/h1-4H,5-8H2,(H2,14,16)(H,17,18). The van der Waals surface area contributed by atoms with Crippen molar-refractivity contribution in [1.82, 2.24) is 4.90 Å². The number of nitrogens with two attached hydrogens (primary N) is 1. The van der Waals surface area contributed by atoms with Crippen LogP contribution in [0.15, 0.2) is 29.2 Å². The van der Waals surface area contributed by atoms with Gasteiger partial charge in [-0.05, 0) is 12.1 Å². The van der Waals surface area contributed by atoms with E-state index in [-0.39, 0.29) is 18.9 Å². The molecule has 0 fully saturated rings. The normalized spacial score (nSPS) is 10.6. The Kier molecular flexibility index (Phi) is 6.31. The first-order valence-electron chi connectivity index (χ1n) is 5.59. The number of halogens is 1. The Morgan fingerprint density at radius 2 is 2.00 bits per heavy atom. The molecule has 0 aliphatic heterocycles. The highest BCUT2D eigenvalue weighted by Gasteiger charge is 2.12. The van der Waals surface area contributed by atoms with Crippen LogP contribution in [0, 0.1) is 5.82 Å². The molecule has 0 saturated heterocycles. The summed E-state index contributed by atoms with van der Waals surface area (Å²) in [6.45, 7) is -0.0425. The first-order chi connectivity index (χ1) is 8.99. The molecule has 0 heterocycles. The number of carboxylic acid groups (broad SMARTS) is 1. The quantitative estimate of drug-likeness (QED) is 0.690. The molecule has 104 valence electrons. The van der Waals surface area contributed by atoms with E-state index in [1.807, 2.05) is 0 Å². The molecule has 0 aromatic heterocycles. The summed E-state index contributed by atoms with van der Waals surface area (Å²) in [5, 5.41) is 8.70. The van der Waals surface area contributed by atoms with Gasteiger partial charge in [-0.25, -0.2) is 4.39 Å². The smallest absolute Gasteiger partial charge is 0.317 e. The second-order valence-electron chi connectivity index (χ2n) is 3.85. The van der Waals surface area contributed by atoms with Crippen molar-refractivity contribution in [2.75, 3.05) is 25.4 Å². The fraction of sp³-hybridized carbons (Fsp3) is 0.333. The van der Waals surface area contributed by atoms with Crippen LogP contribution in [0.3, 0.4) is 0 Å². The molecule has 0 bridgehead atoms. The molecule has 19 heavy (non-hydrogen) atoms. The van der Waals surface area contributed by atoms with Gasteiger partial charge >= 0.3 is 5.97 Å². The zero-order valence-electron chi connectivity index (χ0n) is 10.2. The van der Waals surface area contributed by atoms with Crippen molar-refractivity contribution in [2.45, 2.75) is 4.90 Å². The van der Waals surface area contributed by atoms with Gasteiger partial charge < -0.3 is 10.8 Å². The molecule has 0 radical (unpaired) electrons. The Hall–Kier alpha value is -1.60. The lowest BCUT2D eigenvalue weighted by Gasteiger charge is -2.17. The Balaban J connectivity index is 2.45. The van der Waals surface area contributed by atoms with Crippen LogP contribution in [0.25, 0.3) is 0 Å². The van der Waals surface area contributed by atoms with E-state index < -0.39 is 11.9 Å². The Morgan fingerprint density at radius 3 is 2.58 bits per heavy atom. The number of carbonyl (C=O) groups excluding carboxylic acids is 1. The van der Waals surface area contributed by atoms with Gasteiger partial charge in [-0.1, -0.05) is 12.1 Å². The maximum absolute atomic E-state index is 13.3. The van der Waals surface area contributed by atoms with E-state index >= 15 is 0 Å². The van der Waals surface area contributed by atoms with Crippen LogP contribution >= 0.6 is 11.8 Å². The fourth-order valence-corrected chi connectivity index (χ4v) is 2.42. The van der Waals surface area contributed by atoms with E-state index in [4.69, 9.17) is 10.8 Å². The molecule has 3 N–H and O–H groups in total. The van der Waals surface area contributed by atoms with Gasteiger partial charge in [0.25, 0.3) is 0 Å². The van der Waals surface area contributed by atoms with Gasteiger partial charge in [0, 0.05) is 17.2 Å². The minimum absolute atomic E-state index is 0.121. The van der Waals surface area contributed by atoms with Crippen molar-refractivity contribution >= 4 is 23.6 Å². The number of carbonyl (C=O) groups is 2. The summed E-state index contributed by atoms with van der Waals surface area (Å²) in [6, 6.07) is 6.34. The van der Waals surface area contributed by atoms with Gasteiger partial charge in [0.15, 0.2) is 0 Å². The van der Waals surface area contributed by atoms with Gasteiger partial charge in [0.1, 0.15) is 5.82 Å². The van der Waals surface area contributed by atoms with Crippen molar-refractivity contribution in [3.8, 4) is 0 Å². The number of amides is 1. The van der Waals surface area contributed by atoms with Crippen LogP contribution in [0.4, 0.5) is 4.39 Å². The minimum Gasteiger partial charge on any atom is -0.480 e. The van der Waals surface area contributed by atoms with Crippen molar-refractivity contribution in [1.29, 1.82) is 0 Å². The molecular weight excluding hydrogens is 271 g/mol. The number of carboxylic acids is 1. The number of hydrogen-bond acceptors (Lipinski definition) is 4. The van der Waals surface area contributed by atoms with Gasteiger partial charge in [0.2, 0.25) is 5.91 Å². The van der Waals surface area contributed by atoms with E-state index in [2.05, 4.69) is 0 Å². The topological polar surface area (TPSA) is 83.6 Å². The average molecular weight is 286 g/mol. The van der Waals surface area contributed by atoms with Crippen LogP contribution in [0.2, 0.25) is 0 Å². The molecule has 0 atom stereocenters. The highest BCUT2D eigenvalue weighted by Crippen LogP contribution is 2.20. The van der Waals surface area contributed by atoms with Crippen LogP contribution in [-0.2, 0) is 9.59 Å². The second-order valence-corrected chi connectivity index (χ2v) is 4.99. The maximum atomic E-state index is 13.3. The highest BCUT2D eigenvalue weighted by molar-refractivity contribution is 7.99. The number of thioether (sulfide) groups is 1. The number of primary amides is 1. The lowest BCUT2D eigenvalue weighted by Crippen LogP contribution is -2.38. The second kappa shape index (κ2) is 7.75. The number of benzene rings is 1. The van der Waals surface area contributed by atoms with E-state index in [1.165, 1.54) is 22.7 Å². The minimum atomic E-state index is -1.03. The Labute approximate surface area is 114 Å². The molecule has 0 aliphatic rings. The van der Waals surface area contributed by atoms with Gasteiger partial charge in [-0.2, -0.15) is 0 Å². The molecule has 0 unspecified atom stereocenters. The largest absolute Gasteiger partial charge is 0.480 e. The van der Waals surface area contributed by atoms with Crippen LogP contribution in [0.5, 0.6) is 0 Å². The summed E-state index contributed by atoms with van der Waals surface area (Å²) in [6.07, 6.45) is 0. The molecule has 0 saturated carbocycles. The molecule has 0 aliphatic carbocycles. The number of rotatable bonds is 8. The molecule has 5 nitrogen and oxygen atoms in total. The number of hydrogen-bond donors (Lipinski definition) is 2. The van der Waals surface area contributed by atoms with Gasteiger partial charge in [0.05, 0.1) is 13.1 Å². The molecule has 1 amide bonds. The summed E-state index contributed by atoms with van der Waals surface area (Å²) < 4.78 is 13.3. The van der Waals surface area contributed by atoms with E-state index in [1.54, 1.807) is 18.2 Å². The molecule has 0 spiro atoms. The van der Waals surface area contributed by atoms with Crippen LogP contribution in [0.1, 0.15) is 0 Å². The summed E-state index contributed by atoms with van der Waals surface area (Å²) in [5.74, 6) is -1.46. The molecular formula is C12H15FN2O3S. The lowest BCUT2D eigenvalue weighted by molar-refractivity contribution is -0.138. The Bertz CT molecular complexity index is 440. The lowest BCUT2D eigenvalue weighted by atomic mass is 10.3. The van der Waals surface area contributed by atoms with Crippen molar-refractivity contribution < 1.29 is 19.1 Å². The third kappa shape index (κ3) is 6.21. The van der Waals surface area contributed by atoms with E-state index in [0.717, 1.165) is 0 Å². The molecule has 1 rings (SSSR count). The summed E-state index contributed by atoms with van der Waals surface area (Å²) >= 11 is 1.27. The summed E-state index contributed by atoms with van der Waals surface area (Å²) in [7, 11) is 0. The van der Waals surface area contributed by atoms with E-state index in [9.17, 15) is 14.0 Å². The highest BCUT2D eigenvalue weighted by atomic mass is 32.2. The van der Waals surface area contributed by atoms with Crippen LogP contribution < -0.4 is 5.73 Å².